The third kappa shape index (κ3) is 3.54. The van der Waals surface area contributed by atoms with Crippen molar-refractivity contribution in [1.82, 2.24) is 29.3 Å². The Kier molecular flexibility index (Phi) is 4.81. The lowest BCUT2D eigenvalue weighted by molar-refractivity contribution is 0.178. The zero-order valence-corrected chi connectivity index (χ0v) is 17.2. The van der Waals surface area contributed by atoms with Gasteiger partial charge in [0.25, 0.3) is 0 Å². The maximum atomic E-state index is 4.98. The minimum atomic E-state index is 0.475. The van der Waals surface area contributed by atoms with Crippen LogP contribution in [-0.2, 0) is 13.1 Å². The van der Waals surface area contributed by atoms with E-state index < -0.39 is 0 Å². The highest BCUT2D eigenvalue weighted by molar-refractivity contribution is 6.01. The summed E-state index contributed by atoms with van der Waals surface area (Å²) in [6, 6.07) is 13.4. The van der Waals surface area contributed by atoms with Crippen molar-refractivity contribution < 1.29 is 0 Å². The van der Waals surface area contributed by atoms with Gasteiger partial charge in [0.05, 0.1) is 18.3 Å². The molecule has 1 aliphatic rings. The topological polar surface area (TPSA) is 53.0 Å². The minimum absolute atomic E-state index is 0.475. The number of aromatic amines is 1. The number of hydrogen-bond acceptors (Lipinski definition) is 4. The predicted octanol–water partition coefficient (Wildman–Crippen LogP) is 3.81. The molecule has 0 unspecified atom stereocenters. The number of rotatable bonds is 5. The van der Waals surface area contributed by atoms with Crippen LogP contribution in [0.2, 0.25) is 0 Å². The fraction of sp³-hybridized carbons (Fsp3) is 0.391. The molecule has 0 bridgehead atoms. The molecule has 0 saturated carbocycles. The van der Waals surface area contributed by atoms with E-state index in [-0.39, 0.29) is 0 Å². The second-order valence-corrected chi connectivity index (χ2v) is 8.36. The highest BCUT2D eigenvalue weighted by atomic mass is 15.2. The number of hydrogen-bond donors (Lipinski definition) is 1. The number of likely N-dealkylation sites (tertiary alicyclic amines) is 1. The largest absolute Gasteiger partial charge is 0.346 e. The van der Waals surface area contributed by atoms with Crippen LogP contribution in [0.3, 0.4) is 0 Å². The number of nitrogens with zero attached hydrogens (tertiary/aromatic N) is 5. The van der Waals surface area contributed by atoms with Crippen LogP contribution in [0.15, 0.2) is 48.8 Å². The van der Waals surface area contributed by atoms with Crippen molar-refractivity contribution in [1.29, 1.82) is 0 Å². The maximum absolute atomic E-state index is 4.98. The monoisotopic (exact) mass is 388 g/mol. The van der Waals surface area contributed by atoms with Gasteiger partial charge in [-0.05, 0) is 38.6 Å². The van der Waals surface area contributed by atoms with E-state index in [4.69, 9.17) is 4.98 Å². The van der Waals surface area contributed by atoms with Gasteiger partial charge in [-0.2, -0.15) is 0 Å². The molecule has 0 atom stereocenters. The van der Waals surface area contributed by atoms with E-state index in [9.17, 15) is 0 Å². The van der Waals surface area contributed by atoms with Crippen LogP contribution in [0.5, 0.6) is 0 Å². The first-order valence-electron chi connectivity index (χ1n) is 10.4. The molecule has 150 valence electrons. The van der Waals surface area contributed by atoms with Gasteiger partial charge in [0.1, 0.15) is 17.0 Å². The molecule has 0 radical (unpaired) electrons. The van der Waals surface area contributed by atoms with Crippen molar-refractivity contribution in [2.45, 2.75) is 32.0 Å². The van der Waals surface area contributed by atoms with E-state index in [1.165, 1.54) is 16.5 Å². The number of imidazole rings is 1. The van der Waals surface area contributed by atoms with Crippen molar-refractivity contribution in [3.05, 3.63) is 60.2 Å². The first-order valence-corrected chi connectivity index (χ1v) is 10.4. The SMILES string of the molecule is CN(C)Cc1nc2cnc3[nH]ccc3c2n1C1CCN(Cc2ccccc2)CC1. The van der Waals surface area contributed by atoms with Crippen LogP contribution in [0.1, 0.15) is 30.3 Å². The lowest BCUT2D eigenvalue weighted by atomic mass is 10.0. The molecule has 4 heterocycles. The number of piperidine rings is 1. The second kappa shape index (κ2) is 7.61. The predicted molar refractivity (Wildman–Crippen MR) is 117 cm³/mol. The van der Waals surface area contributed by atoms with Gasteiger partial charge in [-0.3, -0.25) is 4.90 Å². The fourth-order valence-corrected chi connectivity index (χ4v) is 4.61. The average Bonchev–Trinajstić information content (AvgIpc) is 3.33. The summed E-state index contributed by atoms with van der Waals surface area (Å²) in [4.78, 5) is 17.6. The second-order valence-electron chi connectivity index (χ2n) is 8.36. The lowest BCUT2D eigenvalue weighted by Crippen LogP contribution is -2.35. The molecular formula is C23H28N6. The molecule has 1 saturated heterocycles. The molecule has 1 aromatic carbocycles. The van der Waals surface area contributed by atoms with Crippen molar-refractivity contribution >= 4 is 22.1 Å². The summed E-state index contributed by atoms with van der Waals surface area (Å²) in [5, 5.41) is 1.17. The van der Waals surface area contributed by atoms with E-state index in [1.807, 2.05) is 12.4 Å². The highest BCUT2D eigenvalue weighted by Crippen LogP contribution is 2.32. The Morgan fingerprint density at radius 3 is 2.66 bits per heavy atom. The molecule has 29 heavy (non-hydrogen) atoms. The first kappa shape index (κ1) is 18.3. The molecule has 4 aromatic rings. The van der Waals surface area contributed by atoms with E-state index in [0.717, 1.165) is 56.0 Å². The van der Waals surface area contributed by atoms with E-state index >= 15 is 0 Å². The van der Waals surface area contributed by atoms with Crippen molar-refractivity contribution in [3.8, 4) is 0 Å². The lowest BCUT2D eigenvalue weighted by Gasteiger charge is -2.34. The Bertz CT molecular complexity index is 1100. The molecule has 6 heteroatoms. The normalized spacial score (nSPS) is 16.4. The minimum Gasteiger partial charge on any atom is -0.346 e. The Labute approximate surface area is 171 Å². The maximum Gasteiger partial charge on any atom is 0.139 e. The number of fused-ring (bicyclic) bond motifs is 3. The molecule has 1 N–H and O–H groups in total. The van der Waals surface area contributed by atoms with E-state index in [0.29, 0.717) is 6.04 Å². The van der Waals surface area contributed by atoms with Crippen LogP contribution < -0.4 is 0 Å². The molecule has 1 fully saturated rings. The number of benzene rings is 1. The van der Waals surface area contributed by atoms with Gasteiger partial charge < -0.3 is 14.5 Å². The summed E-state index contributed by atoms with van der Waals surface area (Å²) in [6.07, 6.45) is 6.18. The summed E-state index contributed by atoms with van der Waals surface area (Å²) in [6.45, 7) is 4.10. The smallest absolute Gasteiger partial charge is 0.139 e. The molecule has 6 nitrogen and oxygen atoms in total. The number of aromatic nitrogens is 4. The molecular weight excluding hydrogens is 360 g/mol. The van der Waals surface area contributed by atoms with Crippen LogP contribution in [0.4, 0.5) is 0 Å². The van der Waals surface area contributed by atoms with Crippen molar-refractivity contribution in [3.63, 3.8) is 0 Å². The summed E-state index contributed by atoms with van der Waals surface area (Å²) >= 11 is 0. The summed E-state index contributed by atoms with van der Waals surface area (Å²) in [5.74, 6) is 1.14. The number of H-pyrrole nitrogens is 1. The zero-order chi connectivity index (χ0) is 19.8. The summed E-state index contributed by atoms with van der Waals surface area (Å²) in [5.41, 5.74) is 4.57. The molecule has 0 spiro atoms. The first-order chi connectivity index (χ1) is 14.2. The van der Waals surface area contributed by atoms with Crippen LogP contribution >= 0.6 is 0 Å². The number of pyridine rings is 1. The van der Waals surface area contributed by atoms with Crippen LogP contribution in [0.25, 0.3) is 22.1 Å². The standard InChI is InChI=1S/C23H28N6/c1-27(2)16-21-26-20-14-25-23-19(8-11-24-23)22(20)29(21)18-9-12-28(13-10-18)15-17-6-4-3-5-7-17/h3-8,11,14,18H,9-10,12-13,15-16H2,1-2H3,(H,24,25). The summed E-state index contributed by atoms with van der Waals surface area (Å²) < 4.78 is 2.51. The summed E-state index contributed by atoms with van der Waals surface area (Å²) in [7, 11) is 4.21. The van der Waals surface area contributed by atoms with Gasteiger partial charge in [0.2, 0.25) is 0 Å². The van der Waals surface area contributed by atoms with Crippen molar-refractivity contribution in [2.75, 3.05) is 27.2 Å². The molecule has 3 aromatic heterocycles. The molecule has 0 amide bonds. The van der Waals surface area contributed by atoms with Crippen LogP contribution in [0, 0.1) is 0 Å². The van der Waals surface area contributed by atoms with Gasteiger partial charge in [0.15, 0.2) is 0 Å². The molecule has 5 rings (SSSR count). The van der Waals surface area contributed by atoms with E-state index in [2.05, 4.69) is 74.8 Å². The van der Waals surface area contributed by atoms with Gasteiger partial charge in [-0.25, -0.2) is 9.97 Å². The average molecular weight is 389 g/mol. The van der Waals surface area contributed by atoms with Gasteiger partial charge in [-0.15, -0.1) is 0 Å². The van der Waals surface area contributed by atoms with E-state index in [1.54, 1.807) is 0 Å². The Hall–Kier alpha value is -2.70. The van der Waals surface area contributed by atoms with Gasteiger partial charge >= 0.3 is 0 Å². The highest BCUT2D eigenvalue weighted by Gasteiger charge is 2.26. The Balaban J connectivity index is 1.45. The Morgan fingerprint density at radius 1 is 1.10 bits per heavy atom. The third-order valence-corrected chi connectivity index (χ3v) is 5.94. The Morgan fingerprint density at radius 2 is 1.90 bits per heavy atom. The quantitative estimate of drug-likeness (QED) is 0.565. The zero-order valence-electron chi connectivity index (χ0n) is 17.2. The third-order valence-electron chi connectivity index (χ3n) is 5.94. The van der Waals surface area contributed by atoms with Gasteiger partial charge in [-0.1, -0.05) is 30.3 Å². The van der Waals surface area contributed by atoms with Crippen molar-refractivity contribution in [2.24, 2.45) is 0 Å². The molecule has 0 aliphatic carbocycles. The van der Waals surface area contributed by atoms with Crippen LogP contribution in [-0.4, -0.2) is 56.5 Å². The molecule has 1 aliphatic heterocycles. The number of nitrogens with one attached hydrogen (secondary N) is 1. The van der Waals surface area contributed by atoms with Gasteiger partial charge in [0, 0.05) is 37.3 Å². The fourth-order valence-electron chi connectivity index (χ4n) is 4.61.